The Morgan fingerprint density at radius 3 is 2.34 bits per heavy atom. The summed E-state index contributed by atoms with van der Waals surface area (Å²) in [4.78, 5) is 18.3. The number of benzene rings is 1. The number of halogens is 4. The van der Waals surface area contributed by atoms with Gasteiger partial charge in [-0.05, 0) is 36.8 Å². The molecule has 1 saturated heterocycles. The molecule has 0 N–H and O–H groups in total. The van der Waals surface area contributed by atoms with Crippen LogP contribution in [0.2, 0.25) is 0 Å². The molecule has 1 aromatic heterocycles. The van der Waals surface area contributed by atoms with Gasteiger partial charge < -0.3 is 9.80 Å². The maximum absolute atomic E-state index is 13.6. The van der Waals surface area contributed by atoms with Crippen molar-refractivity contribution < 1.29 is 30.8 Å². The molecule has 11 heteroatoms. The Hall–Kier alpha value is -2.69. The summed E-state index contributed by atoms with van der Waals surface area (Å²) in [5.74, 6) is -1.34. The second kappa shape index (κ2) is 7.97. The quantitative estimate of drug-likeness (QED) is 0.699. The Bertz CT molecular complexity index is 997. The highest BCUT2D eigenvalue weighted by atomic mass is 32.2. The summed E-state index contributed by atoms with van der Waals surface area (Å²) in [6, 6.07) is 5.42. The van der Waals surface area contributed by atoms with Gasteiger partial charge in [-0.2, -0.15) is 13.2 Å². The van der Waals surface area contributed by atoms with E-state index < -0.39 is 26.1 Å². The minimum atomic E-state index is -5.73. The predicted octanol–water partition coefficient (Wildman–Crippen LogP) is 2.87. The smallest absolute Gasteiger partial charge is 0.369 e. The molecule has 1 aliphatic rings. The highest BCUT2D eigenvalue weighted by molar-refractivity contribution is 7.92. The summed E-state index contributed by atoms with van der Waals surface area (Å²) in [6.45, 7) is 0.833. The number of sulfone groups is 1. The van der Waals surface area contributed by atoms with Gasteiger partial charge in [0, 0.05) is 44.1 Å². The van der Waals surface area contributed by atoms with Crippen molar-refractivity contribution in [2.45, 2.75) is 16.8 Å². The van der Waals surface area contributed by atoms with Crippen LogP contribution in [0.25, 0.3) is 0 Å². The molecule has 6 nitrogen and oxygen atoms in total. The van der Waals surface area contributed by atoms with Crippen molar-refractivity contribution >= 4 is 21.4 Å². The third kappa shape index (κ3) is 4.34. The van der Waals surface area contributed by atoms with E-state index in [-0.39, 0.29) is 31.2 Å². The molecular formula is C18H17F4N3O3S. The molecule has 0 unspecified atom stereocenters. The zero-order valence-electron chi connectivity index (χ0n) is 15.1. The molecule has 0 saturated carbocycles. The summed E-state index contributed by atoms with van der Waals surface area (Å²) < 4.78 is 76.5. The number of carbonyl (C=O) groups is 1. The molecule has 0 radical (unpaired) electrons. The number of hydrogen-bond acceptors (Lipinski definition) is 5. The summed E-state index contributed by atoms with van der Waals surface area (Å²) in [5, 5.41) is 0. The van der Waals surface area contributed by atoms with Gasteiger partial charge in [0.15, 0.2) is 0 Å². The molecule has 0 atom stereocenters. The van der Waals surface area contributed by atoms with Gasteiger partial charge in [-0.15, -0.1) is 0 Å². The first-order chi connectivity index (χ1) is 13.6. The van der Waals surface area contributed by atoms with E-state index in [1.807, 2.05) is 0 Å². The van der Waals surface area contributed by atoms with Crippen LogP contribution >= 0.6 is 0 Å². The number of hydrogen-bond donors (Lipinski definition) is 0. The molecule has 0 aliphatic carbocycles. The minimum absolute atomic E-state index is 0.100. The Morgan fingerprint density at radius 1 is 1.00 bits per heavy atom. The van der Waals surface area contributed by atoms with E-state index in [1.165, 1.54) is 22.2 Å². The van der Waals surface area contributed by atoms with Crippen LogP contribution in [0.5, 0.6) is 0 Å². The van der Waals surface area contributed by atoms with Crippen molar-refractivity contribution in [2.24, 2.45) is 0 Å². The van der Waals surface area contributed by atoms with Crippen LogP contribution in [0.4, 0.5) is 23.2 Å². The maximum atomic E-state index is 13.6. The molecule has 0 spiro atoms. The van der Waals surface area contributed by atoms with Crippen molar-refractivity contribution in [2.75, 3.05) is 31.1 Å². The standard InChI is InChI=1S/C18H17F4N3O3S/c19-14-2-3-15(16(12-14)29(27,28)18(20,21)22)24-8-1-9-25(11-10-24)17(26)13-4-6-23-7-5-13/h2-7,12H,1,8-11H2. The van der Waals surface area contributed by atoms with Crippen molar-refractivity contribution in [3.63, 3.8) is 0 Å². The normalized spacial score (nSPS) is 15.9. The maximum Gasteiger partial charge on any atom is 0.501 e. The Labute approximate surface area is 164 Å². The fourth-order valence-electron chi connectivity index (χ4n) is 3.13. The van der Waals surface area contributed by atoms with Gasteiger partial charge in [0.05, 0.1) is 5.69 Å². The van der Waals surface area contributed by atoms with Gasteiger partial charge in [0.1, 0.15) is 10.7 Å². The van der Waals surface area contributed by atoms with E-state index in [1.54, 1.807) is 12.1 Å². The van der Waals surface area contributed by atoms with Crippen molar-refractivity contribution in [3.05, 3.63) is 54.1 Å². The highest BCUT2D eigenvalue weighted by Crippen LogP contribution is 2.36. The van der Waals surface area contributed by atoms with Crippen LogP contribution in [0.3, 0.4) is 0 Å². The van der Waals surface area contributed by atoms with Gasteiger partial charge in [-0.3, -0.25) is 9.78 Å². The lowest BCUT2D eigenvalue weighted by molar-refractivity contribution is -0.0435. The molecule has 1 fully saturated rings. The molecule has 0 bridgehead atoms. The monoisotopic (exact) mass is 431 g/mol. The SMILES string of the molecule is O=C(c1ccncc1)N1CCCN(c2ccc(F)cc2S(=O)(=O)C(F)(F)F)CC1. The molecule has 2 aromatic rings. The van der Waals surface area contributed by atoms with Crippen LogP contribution in [-0.4, -0.2) is 55.9 Å². The van der Waals surface area contributed by atoms with Crippen molar-refractivity contribution in [3.8, 4) is 0 Å². The number of carbonyl (C=O) groups excluding carboxylic acids is 1. The number of anilines is 1. The van der Waals surface area contributed by atoms with Crippen LogP contribution < -0.4 is 4.90 Å². The highest BCUT2D eigenvalue weighted by Gasteiger charge is 2.48. The largest absolute Gasteiger partial charge is 0.501 e. The average molecular weight is 431 g/mol. The fraction of sp³-hybridized carbons (Fsp3) is 0.333. The number of nitrogens with zero attached hydrogens (tertiary/aromatic N) is 3. The van der Waals surface area contributed by atoms with E-state index in [9.17, 15) is 30.8 Å². The second-order valence-corrected chi connectivity index (χ2v) is 8.34. The topological polar surface area (TPSA) is 70.6 Å². The Balaban J connectivity index is 1.87. The lowest BCUT2D eigenvalue weighted by Gasteiger charge is -2.26. The van der Waals surface area contributed by atoms with Gasteiger partial charge >= 0.3 is 5.51 Å². The van der Waals surface area contributed by atoms with E-state index in [4.69, 9.17) is 0 Å². The van der Waals surface area contributed by atoms with Crippen molar-refractivity contribution in [1.29, 1.82) is 0 Å². The van der Waals surface area contributed by atoms with Crippen LogP contribution in [0.1, 0.15) is 16.8 Å². The number of aromatic nitrogens is 1. The van der Waals surface area contributed by atoms with Gasteiger partial charge in [-0.1, -0.05) is 0 Å². The Kier molecular flexibility index (Phi) is 5.78. The molecule has 3 rings (SSSR count). The zero-order chi connectivity index (χ0) is 21.2. The molecule has 1 aromatic carbocycles. The summed E-state index contributed by atoms with van der Waals surface area (Å²) >= 11 is 0. The molecule has 1 aliphatic heterocycles. The van der Waals surface area contributed by atoms with E-state index >= 15 is 0 Å². The minimum Gasteiger partial charge on any atom is -0.369 e. The zero-order valence-corrected chi connectivity index (χ0v) is 15.9. The summed E-state index contributed by atoms with van der Waals surface area (Å²) in [7, 11) is -5.73. The molecular weight excluding hydrogens is 414 g/mol. The van der Waals surface area contributed by atoms with E-state index in [0.29, 0.717) is 24.6 Å². The van der Waals surface area contributed by atoms with Crippen LogP contribution in [0, 0.1) is 5.82 Å². The summed E-state index contributed by atoms with van der Waals surface area (Å²) in [6.07, 6.45) is 3.36. The summed E-state index contributed by atoms with van der Waals surface area (Å²) in [5.41, 5.74) is -5.36. The van der Waals surface area contributed by atoms with Crippen molar-refractivity contribution in [1.82, 2.24) is 9.88 Å². The molecule has 1 amide bonds. The van der Waals surface area contributed by atoms with E-state index in [2.05, 4.69) is 4.98 Å². The molecule has 29 heavy (non-hydrogen) atoms. The number of alkyl halides is 3. The second-order valence-electron chi connectivity index (χ2n) is 6.43. The first kappa shape index (κ1) is 21.0. The first-order valence-electron chi connectivity index (χ1n) is 8.66. The number of amides is 1. The fourth-order valence-corrected chi connectivity index (χ4v) is 4.12. The lowest BCUT2D eigenvalue weighted by atomic mass is 10.2. The third-order valence-electron chi connectivity index (χ3n) is 4.57. The predicted molar refractivity (Wildman–Crippen MR) is 96.6 cm³/mol. The number of pyridine rings is 1. The van der Waals surface area contributed by atoms with E-state index in [0.717, 1.165) is 12.1 Å². The van der Waals surface area contributed by atoms with Crippen LogP contribution in [-0.2, 0) is 9.84 Å². The molecule has 2 heterocycles. The Morgan fingerprint density at radius 2 is 1.69 bits per heavy atom. The van der Waals surface area contributed by atoms with Gasteiger partial charge in [0.25, 0.3) is 15.7 Å². The molecule has 156 valence electrons. The lowest BCUT2D eigenvalue weighted by Crippen LogP contribution is -2.36. The van der Waals surface area contributed by atoms with Gasteiger partial charge in [0.2, 0.25) is 0 Å². The number of rotatable bonds is 3. The average Bonchev–Trinajstić information content (AvgIpc) is 2.93. The van der Waals surface area contributed by atoms with Gasteiger partial charge in [-0.25, -0.2) is 12.8 Å². The first-order valence-corrected chi connectivity index (χ1v) is 10.1. The van der Waals surface area contributed by atoms with Crippen LogP contribution in [0.15, 0.2) is 47.6 Å². The third-order valence-corrected chi connectivity index (χ3v) is 6.08.